The predicted molar refractivity (Wildman–Crippen MR) is 90.7 cm³/mol. The van der Waals surface area contributed by atoms with Crippen LogP contribution < -0.4 is 10.5 Å². The number of rotatable bonds is 4. The second kappa shape index (κ2) is 6.29. The zero-order chi connectivity index (χ0) is 16.4. The van der Waals surface area contributed by atoms with Gasteiger partial charge in [0.05, 0.1) is 23.1 Å². The molecule has 7 heteroatoms. The molecule has 0 atom stereocenters. The molecule has 0 saturated carbocycles. The number of aromatic nitrogens is 4. The average molecular weight is 327 g/mol. The number of thiazole rings is 1. The van der Waals surface area contributed by atoms with Gasteiger partial charge in [0.15, 0.2) is 11.6 Å². The van der Waals surface area contributed by atoms with Crippen LogP contribution in [0.3, 0.4) is 0 Å². The van der Waals surface area contributed by atoms with Crippen LogP contribution in [0.4, 0.5) is 5.82 Å². The van der Waals surface area contributed by atoms with E-state index in [0.717, 1.165) is 17.0 Å². The molecule has 3 heterocycles. The fourth-order valence-electron chi connectivity index (χ4n) is 2.12. The zero-order valence-electron chi connectivity index (χ0n) is 13.1. The molecule has 0 unspecified atom stereocenters. The molecule has 0 aliphatic heterocycles. The first kappa shape index (κ1) is 15.4. The van der Waals surface area contributed by atoms with Crippen LogP contribution in [0.5, 0.6) is 11.5 Å². The molecule has 118 valence electrons. The number of hydrogen-bond acceptors (Lipinski definition) is 7. The van der Waals surface area contributed by atoms with Gasteiger partial charge in [-0.2, -0.15) is 0 Å². The Balaban J connectivity index is 2.03. The van der Waals surface area contributed by atoms with Crippen molar-refractivity contribution in [3.63, 3.8) is 0 Å². The van der Waals surface area contributed by atoms with Crippen molar-refractivity contribution in [3.8, 4) is 22.9 Å². The van der Waals surface area contributed by atoms with E-state index in [1.807, 2.05) is 17.6 Å². The first-order valence-electron chi connectivity index (χ1n) is 7.20. The van der Waals surface area contributed by atoms with Crippen molar-refractivity contribution in [2.45, 2.75) is 26.7 Å². The molecular weight excluding hydrogens is 310 g/mol. The maximum atomic E-state index is 5.98. The van der Waals surface area contributed by atoms with E-state index >= 15 is 0 Å². The summed E-state index contributed by atoms with van der Waals surface area (Å²) in [4.78, 5) is 17.0. The third-order valence-corrected chi connectivity index (χ3v) is 3.92. The summed E-state index contributed by atoms with van der Waals surface area (Å²) in [5, 5.41) is 1.95. The van der Waals surface area contributed by atoms with Crippen molar-refractivity contribution in [2.75, 3.05) is 5.73 Å². The predicted octanol–water partition coefficient (Wildman–Crippen LogP) is 3.80. The van der Waals surface area contributed by atoms with E-state index in [0.29, 0.717) is 23.1 Å². The lowest BCUT2D eigenvalue weighted by atomic mass is 10.0. The van der Waals surface area contributed by atoms with Crippen molar-refractivity contribution in [3.05, 3.63) is 40.7 Å². The normalized spacial score (nSPS) is 11.0. The molecule has 0 fully saturated rings. The van der Waals surface area contributed by atoms with E-state index in [9.17, 15) is 0 Å². The summed E-state index contributed by atoms with van der Waals surface area (Å²) >= 11 is 1.53. The van der Waals surface area contributed by atoms with Gasteiger partial charge in [-0.1, -0.05) is 13.8 Å². The highest BCUT2D eigenvalue weighted by atomic mass is 32.1. The van der Waals surface area contributed by atoms with Crippen LogP contribution in [0.2, 0.25) is 0 Å². The largest absolute Gasteiger partial charge is 0.451 e. The lowest BCUT2D eigenvalue weighted by molar-refractivity contribution is 0.469. The molecule has 0 saturated heterocycles. The molecule has 0 aliphatic carbocycles. The fraction of sp³-hybridized carbons (Fsp3) is 0.250. The average Bonchev–Trinajstić information content (AvgIpc) is 3.04. The highest BCUT2D eigenvalue weighted by Gasteiger charge is 2.14. The van der Waals surface area contributed by atoms with Crippen molar-refractivity contribution in [1.82, 2.24) is 19.9 Å². The Kier molecular flexibility index (Phi) is 4.20. The Labute approximate surface area is 138 Å². The zero-order valence-corrected chi connectivity index (χ0v) is 14.0. The van der Waals surface area contributed by atoms with Gasteiger partial charge in [0, 0.05) is 23.2 Å². The number of pyridine rings is 1. The van der Waals surface area contributed by atoms with Crippen molar-refractivity contribution in [1.29, 1.82) is 0 Å². The molecule has 3 rings (SSSR count). The number of nitrogen functional groups attached to an aromatic ring is 1. The third-order valence-electron chi connectivity index (χ3n) is 3.34. The molecule has 0 radical (unpaired) electrons. The van der Waals surface area contributed by atoms with E-state index < -0.39 is 0 Å². The topological polar surface area (TPSA) is 86.8 Å². The van der Waals surface area contributed by atoms with Crippen LogP contribution in [0.25, 0.3) is 11.4 Å². The van der Waals surface area contributed by atoms with Crippen LogP contribution in [0.1, 0.15) is 31.2 Å². The van der Waals surface area contributed by atoms with Gasteiger partial charge < -0.3 is 10.5 Å². The van der Waals surface area contributed by atoms with Crippen LogP contribution in [0.15, 0.2) is 29.4 Å². The van der Waals surface area contributed by atoms with Gasteiger partial charge in [0.1, 0.15) is 11.6 Å². The van der Waals surface area contributed by atoms with Gasteiger partial charge in [-0.3, -0.25) is 4.98 Å². The highest BCUT2D eigenvalue weighted by Crippen LogP contribution is 2.34. The van der Waals surface area contributed by atoms with Gasteiger partial charge in [-0.15, -0.1) is 11.3 Å². The first-order chi connectivity index (χ1) is 11.0. The Bertz CT molecular complexity index is 817. The third kappa shape index (κ3) is 3.29. The molecule has 3 aromatic rings. The van der Waals surface area contributed by atoms with Gasteiger partial charge in [-0.25, -0.2) is 15.0 Å². The Morgan fingerprint density at radius 3 is 2.57 bits per heavy atom. The molecule has 0 amide bonds. The summed E-state index contributed by atoms with van der Waals surface area (Å²) in [5.74, 6) is 2.32. The Morgan fingerprint density at radius 2 is 1.91 bits per heavy atom. The maximum Gasteiger partial charge on any atom is 0.187 e. The van der Waals surface area contributed by atoms with E-state index in [-0.39, 0.29) is 5.92 Å². The minimum Gasteiger partial charge on any atom is -0.451 e. The number of nitrogens with two attached hydrogens (primary N) is 1. The SMILES string of the molecule is Cc1ncc(Oc2cc(-c3cscn3)ncc2C(C)C)c(N)n1. The van der Waals surface area contributed by atoms with Gasteiger partial charge in [0.25, 0.3) is 0 Å². The lowest BCUT2D eigenvalue weighted by Gasteiger charge is -2.15. The van der Waals surface area contributed by atoms with Gasteiger partial charge >= 0.3 is 0 Å². The monoisotopic (exact) mass is 327 g/mol. The van der Waals surface area contributed by atoms with Crippen molar-refractivity contribution >= 4 is 17.2 Å². The summed E-state index contributed by atoms with van der Waals surface area (Å²) in [6, 6.07) is 1.88. The quantitative estimate of drug-likeness (QED) is 0.784. The second-order valence-electron chi connectivity index (χ2n) is 5.40. The minimum absolute atomic E-state index is 0.259. The van der Waals surface area contributed by atoms with Gasteiger partial charge in [0.2, 0.25) is 0 Å². The number of anilines is 1. The summed E-state index contributed by atoms with van der Waals surface area (Å²) in [6.45, 7) is 5.95. The molecule has 0 aromatic carbocycles. The van der Waals surface area contributed by atoms with Crippen LogP contribution in [0, 0.1) is 6.92 Å². The maximum absolute atomic E-state index is 5.98. The fourth-order valence-corrected chi connectivity index (χ4v) is 2.67. The van der Waals surface area contributed by atoms with Crippen molar-refractivity contribution < 1.29 is 4.74 Å². The standard InChI is InChI=1S/C16H17N5OS/c1-9(2)11-5-19-12(13-7-23-8-20-13)4-14(11)22-15-6-18-10(3)21-16(15)17/h4-9H,1-3H3,(H2,17,18,21). The molecule has 0 aliphatic rings. The van der Waals surface area contributed by atoms with E-state index in [2.05, 4.69) is 33.8 Å². The second-order valence-corrected chi connectivity index (χ2v) is 6.12. The first-order valence-corrected chi connectivity index (χ1v) is 8.14. The number of ether oxygens (including phenoxy) is 1. The molecule has 23 heavy (non-hydrogen) atoms. The van der Waals surface area contributed by atoms with Crippen LogP contribution in [-0.4, -0.2) is 19.9 Å². The van der Waals surface area contributed by atoms with Gasteiger partial charge in [-0.05, 0) is 12.8 Å². The molecule has 2 N–H and O–H groups in total. The van der Waals surface area contributed by atoms with Crippen molar-refractivity contribution in [2.24, 2.45) is 0 Å². The summed E-state index contributed by atoms with van der Waals surface area (Å²) in [6.07, 6.45) is 3.41. The highest BCUT2D eigenvalue weighted by molar-refractivity contribution is 7.07. The van der Waals surface area contributed by atoms with Crippen LogP contribution >= 0.6 is 11.3 Å². The molecular formula is C16H17N5OS. The van der Waals surface area contributed by atoms with E-state index in [4.69, 9.17) is 10.5 Å². The van der Waals surface area contributed by atoms with E-state index in [1.165, 1.54) is 11.3 Å². The molecule has 0 spiro atoms. The summed E-state index contributed by atoms with van der Waals surface area (Å²) in [5.41, 5.74) is 10.3. The molecule has 0 bridgehead atoms. The smallest absolute Gasteiger partial charge is 0.187 e. The minimum atomic E-state index is 0.259. The lowest BCUT2D eigenvalue weighted by Crippen LogP contribution is -2.02. The summed E-state index contributed by atoms with van der Waals surface area (Å²) in [7, 11) is 0. The molecule has 6 nitrogen and oxygen atoms in total. The van der Waals surface area contributed by atoms with E-state index in [1.54, 1.807) is 18.6 Å². The Morgan fingerprint density at radius 1 is 1.09 bits per heavy atom. The molecule has 3 aromatic heterocycles. The number of nitrogens with zero attached hydrogens (tertiary/aromatic N) is 4. The summed E-state index contributed by atoms with van der Waals surface area (Å²) < 4.78 is 5.98. The van der Waals surface area contributed by atoms with Crippen LogP contribution in [-0.2, 0) is 0 Å². The number of hydrogen-bond donors (Lipinski definition) is 1. The number of aryl methyl sites for hydroxylation is 1. The Hall–Kier alpha value is -2.54.